The summed E-state index contributed by atoms with van der Waals surface area (Å²) in [4.78, 5) is 25.2. The summed E-state index contributed by atoms with van der Waals surface area (Å²) in [6.07, 6.45) is 0. The summed E-state index contributed by atoms with van der Waals surface area (Å²) < 4.78 is 13.6. The van der Waals surface area contributed by atoms with Crippen molar-refractivity contribution < 1.29 is 19.1 Å². The number of ketones is 1. The van der Waals surface area contributed by atoms with E-state index >= 15 is 0 Å². The van der Waals surface area contributed by atoms with E-state index in [1.807, 2.05) is 73.7 Å². The van der Waals surface area contributed by atoms with Gasteiger partial charge in [0.15, 0.2) is 12.4 Å². The minimum Gasteiger partial charge on any atom is -0.482 e. The van der Waals surface area contributed by atoms with Crippen LogP contribution in [0.15, 0.2) is 77.3 Å². The fraction of sp³-hybridized carbons (Fsp3) is 0.154. The highest BCUT2D eigenvalue weighted by Gasteiger charge is 2.22. The van der Waals surface area contributed by atoms with Gasteiger partial charge in [0.25, 0.3) is 0 Å². The van der Waals surface area contributed by atoms with E-state index in [4.69, 9.17) is 9.47 Å². The zero-order chi connectivity index (χ0) is 22.7. The molecule has 0 bridgehead atoms. The Balaban J connectivity index is 1.85. The van der Waals surface area contributed by atoms with Gasteiger partial charge in [-0.25, -0.2) is 4.79 Å². The van der Waals surface area contributed by atoms with Crippen LogP contribution in [-0.2, 0) is 9.53 Å². The highest BCUT2D eigenvalue weighted by molar-refractivity contribution is 9.10. The number of rotatable bonds is 7. The van der Waals surface area contributed by atoms with Gasteiger partial charge in [-0.15, -0.1) is 0 Å². The molecule has 0 spiro atoms. The van der Waals surface area contributed by atoms with E-state index in [1.165, 1.54) is 0 Å². The average molecular weight is 492 g/mol. The first kappa shape index (κ1) is 21.8. The molecule has 0 aliphatic rings. The predicted molar refractivity (Wildman–Crippen MR) is 128 cm³/mol. The number of esters is 1. The average Bonchev–Trinajstić information content (AvgIpc) is 3.09. The standard InChI is InChI=1S/C26H22BrNO4/c1-3-31-24(29)16-32-21-13-14-23-22(15-21)25(26(30)18-7-5-4-6-8-18)17(2)28(23)20-11-9-19(27)10-12-20/h4-15H,3,16H2,1-2H3. The van der Waals surface area contributed by atoms with Crippen LogP contribution in [0, 0.1) is 6.92 Å². The molecular weight excluding hydrogens is 470 g/mol. The molecule has 32 heavy (non-hydrogen) atoms. The molecule has 1 aromatic heterocycles. The van der Waals surface area contributed by atoms with Crippen molar-refractivity contribution in [2.45, 2.75) is 13.8 Å². The minimum absolute atomic E-state index is 0.0634. The monoisotopic (exact) mass is 491 g/mol. The Morgan fingerprint density at radius 3 is 2.38 bits per heavy atom. The van der Waals surface area contributed by atoms with E-state index in [9.17, 15) is 9.59 Å². The van der Waals surface area contributed by atoms with Crippen LogP contribution >= 0.6 is 15.9 Å². The summed E-state index contributed by atoms with van der Waals surface area (Å²) in [5.41, 5.74) is 3.88. The Morgan fingerprint density at radius 1 is 0.969 bits per heavy atom. The largest absolute Gasteiger partial charge is 0.482 e. The number of ether oxygens (including phenoxy) is 2. The van der Waals surface area contributed by atoms with Gasteiger partial charge in [0.2, 0.25) is 0 Å². The maximum absolute atomic E-state index is 13.5. The third kappa shape index (κ3) is 4.32. The molecule has 3 aromatic carbocycles. The fourth-order valence-electron chi connectivity index (χ4n) is 3.78. The Hall–Kier alpha value is -3.38. The first-order valence-corrected chi connectivity index (χ1v) is 11.1. The lowest BCUT2D eigenvalue weighted by Crippen LogP contribution is -2.14. The van der Waals surface area contributed by atoms with Gasteiger partial charge in [0.05, 0.1) is 17.7 Å². The van der Waals surface area contributed by atoms with Crippen LogP contribution in [0.25, 0.3) is 16.6 Å². The second kappa shape index (κ2) is 9.40. The van der Waals surface area contributed by atoms with Crippen LogP contribution in [0.1, 0.15) is 28.5 Å². The minimum atomic E-state index is -0.434. The topological polar surface area (TPSA) is 57.5 Å². The molecule has 0 N–H and O–H groups in total. The maximum atomic E-state index is 13.5. The molecule has 5 nitrogen and oxygen atoms in total. The van der Waals surface area contributed by atoms with E-state index in [0.717, 1.165) is 26.8 Å². The smallest absolute Gasteiger partial charge is 0.344 e. The van der Waals surface area contributed by atoms with E-state index in [2.05, 4.69) is 20.5 Å². The summed E-state index contributed by atoms with van der Waals surface area (Å²) >= 11 is 3.48. The zero-order valence-corrected chi connectivity index (χ0v) is 19.4. The van der Waals surface area contributed by atoms with Gasteiger partial charge in [0, 0.05) is 26.8 Å². The lowest BCUT2D eigenvalue weighted by Gasteiger charge is -2.09. The molecule has 4 aromatic rings. The van der Waals surface area contributed by atoms with E-state index < -0.39 is 5.97 Å². The SMILES string of the molecule is CCOC(=O)COc1ccc2c(c1)c(C(=O)c1ccccc1)c(C)n2-c1ccc(Br)cc1. The Bertz CT molecular complexity index is 1280. The Kier molecular flexibility index (Phi) is 6.42. The normalized spacial score (nSPS) is 10.8. The first-order valence-electron chi connectivity index (χ1n) is 10.3. The first-order chi connectivity index (χ1) is 15.5. The van der Waals surface area contributed by atoms with Crippen molar-refractivity contribution in [3.8, 4) is 11.4 Å². The van der Waals surface area contributed by atoms with Gasteiger partial charge < -0.3 is 14.0 Å². The Morgan fingerprint density at radius 2 is 1.69 bits per heavy atom. The van der Waals surface area contributed by atoms with Gasteiger partial charge in [-0.05, 0) is 56.3 Å². The number of hydrogen-bond donors (Lipinski definition) is 0. The summed E-state index contributed by atoms with van der Waals surface area (Å²) in [5.74, 6) is 0.00363. The summed E-state index contributed by atoms with van der Waals surface area (Å²) in [7, 11) is 0. The Labute approximate surface area is 194 Å². The number of fused-ring (bicyclic) bond motifs is 1. The van der Waals surface area contributed by atoms with Crippen molar-refractivity contribution in [1.29, 1.82) is 0 Å². The highest BCUT2D eigenvalue weighted by atomic mass is 79.9. The molecule has 0 fully saturated rings. The number of nitrogens with zero attached hydrogens (tertiary/aromatic N) is 1. The lowest BCUT2D eigenvalue weighted by atomic mass is 10.0. The van der Waals surface area contributed by atoms with Crippen LogP contribution in [0.3, 0.4) is 0 Å². The van der Waals surface area contributed by atoms with E-state index in [-0.39, 0.29) is 12.4 Å². The molecule has 0 amide bonds. The maximum Gasteiger partial charge on any atom is 0.344 e. The van der Waals surface area contributed by atoms with Gasteiger partial charge >= 0.3 is 5.97 Å². The van der Waals surface area contributed by atoms with Gasteiger partial charge in [0.1, 0.15) is 5.75 Å². The fourth-order valence-corrected chi connectivity index (χ4v) is 4.04. The van der Waals surface area contributed by atoms with Crippen molar-refractivity contribution in [1.82, 2.24) is 4.57 Å². The van der Waals surface area contributed by atoms with E-state index in [1.54, 1.807) is 13.0 Å². The molecule has 0 unspecified atom stereocenters. The summed E-state index contributed by atoms with van der Waals surface area (Å²) in [6.45, 7) is 3.80. The van der Waals surface area contributed by atoms with Crippen molar-refractivity contribution >= 4 is 38.6 Å². The van der Waals surface area contributed by atoms with Crippen LogP contribution in [0.5, 0.6) is 5.75 Å². The van der Waals surface area contributed by atoms with Crippen molar-refractivity contribution in [3.05, 3.63) is 94.1 Å². The zero-order valence-electron chi connectivity index (χ0n) is 17.8. The number of carbonyl (C=O) groups excluding carboxylic acids is 2. The molecule has 0 radical (unpaired) electrons. The molecule has 0 aliphatic heterocycles. The van der Waals surface area contributed by atoms with E-state index in [0.29, 0.717) is 23.5 Å². The number of carbonyl (C=O) groups is 2. The van der Waals surface area contributed by atoms with Gasteiger partial charge in [-0.2, -0.15) is 0 Å². The molecule has 6 heteroatoms. The molecular formula is C26H22BrNO4. The van der Waals surface area contributed by atoms with Crippen molar-refractivity contribution in [2.75, 3.05) is 13.2 Å². The second-order valence-corrected chi connectivity index (χ2v) is 8.16. The summed E-state index contributed by atoms with van der Waals surface area (Å²) in [5, 5.41) is 0.764. The molecule has 0 saturated heterocycles. The number of halogens is 1. The number of hydrogen-bond acceptors (Lipinski definition) is 4. The van der Waals surface area contributed by atoms with Crippen LogP contribution < -0.4 is 4.74 Å². The van der Waals surface area contributed by atoms with Crippen LogP contribution in [0.4, 0.5) is 0 Å². The third-order valence-corrected chi connectivity index (χ3v) is 5.71. The van der Waals surface area contributed by atoms with Crippen LogP contribution in [0.2, 0.25) is 0 Å². The predicted octanol–water partition coefficient (Wildman–Crippen LogP) is 5.87. The molecule has 4 rings (SSSR count). The second-order valence-electron chi connectivity index (χ2n) is 7.24. The summed E-state index contributed by atoms with van der Waals surface area (Å²) in [6, 6.07) is 22.7. The lowest BCUT2D eigenvalue weighted by molar-refractivity contribution is -0.145. The number of benzene rings is 3. The molecule has 162 valence electrons. The van der Waals surface area contributed by atoms with Crippen LogP contribution in [-0.4, -0.2) is 29.5 Å². The highest BCUT2D eigenvalue weighted by Crippen LogP contribution is 2.34. The quantitative estimate of drug-likeness (QED) is 0.239. The van der Waals surface area contributed by atoms with Gasteiger partial charge in [-0.1, -0.05) is 46.3 Å². The molecule has 0 saturated carbocycles. The molecule has 0 atom stereocenters. The molecule has 1 heterocycles. The molecule has 0 aliphatic carbocycles. The van der Waals surface area contributed by atoms with Crippen molar-refractivity contribution in [3.63, 3.8) is 0 Å². The number of aromatic nitrogens is 1. The third-order valence-electron chi connectivity index (χ3n) is 5.19. The van der Waals surface area contributed by atoms with Gasteiger partial charge in [-0.3, -0.25) is 4.79 Å². The van der Waals surface area contributed by atoms with Crippen molar-refractivity contribution in [2.24, 2.45) is 0 Å².